The molecule has 2 amide bonds. The SMILES string of the molecule is COc1ccc(Cl)cc1C(=O)N1CCC(C(=O)N(C2CC2)C2CCc3ccccc32)CC1. The van der Waals surface area contributed by atoms with Gasteiger partial charge in [0.2, 0.25) is 5.91 Å². The van der Waals surface area contributed by atoms with Crippen LogP contribution < -0.4 is 4.74 Å². The number of rotatable bonds is 5. The third-order valence-electron chi connectivity index (χ3n) is 7.16. The van der Waals surface area contributed by atoms with Gasteiger partial charge in [-0.25, -0.2) is 0 Å². The first kappa shape index (κ1) is 21.3. The zero-order chi connectivity index (χ0) is 22.2. The number of aryl methyl sites for hydroxylation is 1. The van der Waals surface area contributed by atoms with E-state index >= 15 is 0 Å². The summed E-state index contributed by atoms with van der Waals surface area (Å²) < 4.78 is 5.36. The molecule has 1 saturated carbocycles. The molecule has 0 radical (unpaired) electrons. The van der Waals surface area contributed by atoms with Gasteiger partial charge in [0, 0.05) is 30.1 Å². The van der Waals surface area contributed by atoms with Crippen molar-refractivity contribution in [2.45, 2.75) is 50.6 Å². The van der Waals surface area contributed by atoms with Crippen LogP contribution in [0.25, 0.3) is 0 Å². The number of ether oxygens (including phenoxy) is 1. The third kappa shape index (κ3) is 3.99. The van der Waals surface area contributed by atoms with E-state index in [1.807, 2.05) is 4.90 Å². The number of amides is 2. The van der Waals surface area contributed by atoms with Gasteiger partial charge in [-0.05, 0) is 67.9 Å². The lowest BCUT2D eigenvalue weighted by atomic mass is 9.93. The Morgan fingerprint density at radius 2 is 1.78 bits per heavy atom. The lowest BCUT2D eigenvalue weighted by molar-refractivity contribution is -0.140. The molecule has 2 aromatic carbocycles. The third-order valence-corrected chi connectivity index (χ3v) is 7.39. The van der Waals surface area contributed by atoms with E-state index in [1.165, 1.54) is 11.1 Å². The molecule has 1 unspecified atom stereocenters. The minimum absolute atomic E-state index is 0.0198. The standard InChI is InChI=1S/C26H29ClN2O3/c1-32-24-11-7-19(27)16-22(24)26(31)28-14-12-18(13-15-28)25(30)29(20-8-9-20)23-10-6-17-4-2-3-5-21(17)23/h2-5,7,11,16,18,20,23H,6,8-10,12-15H2,1H3. The van der Waals surface area contributed by atoms with E-state index in [0.29, 0.717) is 48.3 Å². The first-order valence-electron chi connectivity index (χ1n) is 11.6. The van der Waals surface area contributed by atoms with E-state index in [9.17, 15) is 9.59 Å². The molecule has 1 aliphatic heterocycles. The van der Waals surface area contributed by atoms with Gasteiger partial charge in [-0.2, -0.15) is 0 Å². The van der Waals surface area contributed by atoms with Crippen molar-refractivity contribution in [2.24, 2.45) is 5.92 Å². The molecular formula is C26H29ClN2O3. The van der Waals surface area contributed by atoms with Crippen molar-refractivity contribution >= 4 is 23.4 Å². The minimum Gasteiger partial charge on any atom is -0.496 e. The lowest BCUT2D eigenvalue weighted by Gasteiger charge is -2.37. The van der Waals surface area contributed by atoms with Crippen molar-refractivity contribution in [3.63, 3.8) is 0 Å². The molecule has 2 aromatic rings. The zero-order valence-electron chi connectivity index (χ0n) is 18.4. The fourth-order valence-corrected chi connectivity index (χ4v) is 5.49. The van der Waals surface area contributed by atoms with Crippen molar-refractivity contribution in [3.05, 3.63) is 64.2 Å². The van der Waals surface area contributed by atoms with Crippen molar-refractivity contribution in [1.29, 1.82) is 0 Å². The summed E-state index contributed by atoms with van der Waals surface area (Å²) in [6.07, 6.45) is 5.68. The molecule has 5 nitrogen and oxygen atoms in total. The number of halogens is 1. The van der Waals surface area contributed by atoms with E-state index in [2.05, 4.69) is 29.2 Å². The highest BCUT2D eigenvalue weighted by Crippen LogP contribution is 2.43. The van der Waals surface area contributed by atoms with Gasteiger partial charge in [-0.1, -0.05) is 35.9 Å². The molecule has 5 rings (SSSR count). The van der Waals surface area contributed by atoms with Gasteiger partial charge in [0.15, 0.2) is 0 Å². The van der Waals surface area contributed by atoms with E-state index in [0.717, 1.165) is 25.7 Å². The first-order valence-corrected chi connectivity index (χ1v) is 12.0. The van der Waals surface area contributed by atoms with Crippen molar-refractivity contribution in [1.82, 2.24) is 9.80 Å². The van der Waals surface area contributed by atoms with Gasteiger partial charge >= 0.3 is 0 Å². The number of fused-ring (bicyclic) bond motifs is 1. The summed E-state index contributed by atoms with van der Waals surface area (Å²) in [4.78, 5) is 30.8. The Balaban J connectivity index is 1.27. The highest BCUT2D eigenvalue weighted by atomic mass is 35.5. The van der Waals surface area contributed by atoms with Crippen LogP contribution in [0.1, 0.15) is 59.6 Å². The van der Waals surface area contributed by atoms with Crippen LogP contribution in [0.2, 0.25) is 5.02 Å². The summed E-state index contributed by atoms with van der Waals surface area (Å²) in [6.45, 7) is 1.15. The predicted molar refractivity (Wildman–Crippen MR) is 124 cm³/mol. The predicted octanol–water partition coefficient (Wildman–Crippen LogP) is 4.88. The Kier molecular flexibility index (Phi) is 5.85. The molecule has 1 heterocycles. The molecule has 0 N–H and O–H groups in total. The molecule has 1 atom stereocenters. The largest absolute Gasteiger partial charge is 0.496 e. The number of likely N-dealkylation sites (tertiary alicyclic amines) is 1. The van der Waals surface area contributed by atoms with Crippen LogP contribution in [-0.2, 0) is 11.2 Å². The van der Waals surface area contributed by atoms with Crippen molar-refractivity contribution < 1.29 is 14.3 Å². The number of methoxy groups -OCH3 is 1. The average molecular weight is 453 g/mol. The molecule has 1 saturated heterocycles. The van der Waals surface area contributed by atoms with Crippen LogP contribution in [0.3, 0.4) is 0 Å². The van der Waals surface area contributed by atoms with Crippen LogP contribution in [0.5, 0.6) is 5.75 Å². The van der Waals surface area contributed by atoms with Gasteiger partial charge < -0.3 is 14.5 Å². The van der Waals surface area contributed by atoms with E-state index < -0.39 is 0 Å². The van der Waals surface area contributed by atoms with Gasteiger partial charge in [-0.3, -0.25) is 9.59 Å². The highest BCUT2D eigenvalue weighted by Gasteiger charge is 2.43. The second-order valence-corrected chi connectivity index (χ2v) is 9.58. The molecular weight excluding hydrogens is 424 g/mol. The van der Waals surface area contributed by atoms with Gasteiger partial charge in [0.25, 0.3) is 5.91 Å². The van der Waals surface area contributed by atoms with Crippen molar-refractivity contribution in [3.8, 4) is 5.75 Å². The Labute approximate surface area is 194 Å². The molecule has 32 heavy (non-hydrogen) atoms. The van der Waals surface area contributed by atoms with E-state index in [-0.39, 0.29) is 23.8 Å². The number of carbonyl (C=O) groups excluding carboxylic acids is 2. The normalized spacial score (nSPS) is 20.7. The Morgan fingerprint density at radius 1 is 1.03 bits per heavy atom. The highest BCUT2D eigenvalue weighted by molar-refractivity contribution is 6.31. The van der Waals surface area contributed by atoms with Gasteiger partial charge in [0.05, 0.1) is 18.7 Å². The zero-order valence-corrected chi connectivity index (χ0v) is 19.2. The molecule has 0 spiro atoms. The Bertz CT molecular complexity index is 1030. The van der Waals surface area contributed by atoms with Crippen LogP contribution in [0, 0.1) is 5.92 Å². The molecule has 2 fully saturated rings. The summed E-state index contributed by atoms with van der Waals surface area (Å²) in [5.74, 6) is 0.701. The second kappa shape index (κ2) is 8.78. The fraction of sp³-hybridized carbons (Fsp3) is 0.462. The molecule has 3 aliphatic rings. The molecule has 168 valence electrons. The summed E-state index contributed by atoms with van der Waals surface area (Å²) in [5.41, 5.74) is 3.19. The lowest BCUT2D eigenvalue weighted by Crippen LogP contribution is -2.46. The first-order chi connectivity index (χ1) is 15.6. The summed E-state index contributed by atoms with van der Waals surface area (Å²) in [6, 6.07) is 14.2. The number of hydrogen-bond acceptors (Lipinski definition) is 3. The van der Waals surface area contributed by atoms with E-state index in [1.54, 1.807) is 25.3 Å². The van der Waals surface area contributed by atoms with Gasteiger partial charge in [-0.15, -0.1) is 0 Å². The topological polar surface area (TPSA) is 49.9 Å². The summed E-state index contributed by atoms with van der Waals surface area (Å²) in [7, 11) is 1.55. The number of nitrogens with zero attached hydrogens (tertiary/aromatic N) is 2. The smallest absolute Gasteiger partial charge is 0.257 e. The maximum atomic E-state index is 13.7. The van der Waals surface area contributed by atoms with Crippen LogP contribution in [0.15, 0.2) is 42.5 Å². The molecule has 6 heteroatoms. The Morgan fingerprint density at radius 3 is 2.50 bits per heavy atom. The quantitative estimate of drug-likeness (QED) is 0.649. The minimum atomic E-state index is -0.0842. The maximum Gasteiger partial charge on any atom is 0.257 e. The van der Waals surface area contributed by atoms with Crippen LogP contribution >= 0.6 is 11.6 Å². The van der Waals surface area contributed by atoms with Crippen LogP contribution in [0.4, 0.5) is 0 Å². The van der Waals surface area contributed by atoms with E-state index in [4.69, 9.17) is 16.3 Å². The van der Waals surface area contributed by atoms with Crippen LogP contribution in [-0.4, -0.2) is 47.9 Å². The maximum absolute atomic E-state index is 13.7. The number of hydrogen-bond donors (Lipinski definition) is 0. The fourth-order valence-electron chi connectivity index (χ4n) is 5.32. The van der Waals surface area contributed by atoms with Crippen molar-refractivity contribution in [2.75, 3.05) is 20.2 Å². The summed E-state index contributed by atoms with van der Waals surface area (Å²) in [5, 5.41) is 0.510. The summed E-state index contributed by atoms with van der Waals surface area (Å²) >= 11 is 6.11. The monoisotopic (exact) mass is 452 g/mol. The Hall–Kier alpha value is -2.53. The molecule has 2 aliphatic carbocycles. The number of carbonyl (C=O) groups is 2. The molecule has 0 bridgehead atoms. The van der Waals surface area contributed by atoms with Gasteiger partial charge in [0.1, 0.15) is 5.75 Å². The number of piperidine rings is 1. The second-order valence-electron chi connectivity index (χ2n) is 9.14. The number of benzene rings is 2. The molecule has 0 aromatic heterocycles. The average Bonchev–Trinajstić information content (AvgIpc) is 3.58.